The number of aliphatic hydroxyl groups excluding tert-OH is 3. The molecule has 0 aromatic heterocycles. The maximum atomic E-state index is 14.2. The summed E-state index contributed by atoms with van der Waals surface area (Å²) in [6.45, 7) is 8.34. The molecule has 2 rings (SSSR count). The number of aliphatic imine (C=N–C) groups is 2. The third-order valence-corrected chi connectivity index (χ3v) is 12.6. The van der Waals surface area contributed by atoms with Gasteiger partial charge in [-0.1, -0.05) is 27.7 Å². The molecule has 0 saturated carbocycles. The van der Waals surface area contributed by atoms with Gasteiger partial charge in [0.2, 0.25) is 53.2 Å². The van der Waals surface area contributed by atoms with Crippen LogP contribution in [0.25, 0.3) is 0 Å². The van der Waals surface area contributed by atoms with Crippen molar-refractivity contribution in [3.05, 3.63) is 0 Å². The summed E-state index contributed by atoms with van der Waals surface area (Å²) < 4.78 is 0. The van der Waals surface area contributed by atoms with E-state index in [2.05, 4.69) is 47.2 Å². The van der Waals surface area contributed by atoms with Crippen molar-refractivity contribution in [2.75, 3.05) is 39.4 Å². The van der Waals surface area contributed by atoms with E-state index in [9.17, 15) is 68.4 Å². The van der Waals surface area contributed by atoms with Crippen LogP contribution in [0.2, 0.25) is 0 Å². The molecule has 0 bridgehead atoms. The molecule has 9 amide bonds. The Balaban J connectivity index is 2.30. The molecule has 11 atom stereocenters. The Bertz CT molecular complexity index is 2100. The van der Waals surface area contributed by atoms with Gasteiger partial charge in [0, 0.05) is 26.2 Å². The molecule has 0 aromatic rings. The van der Waals surface area contributed by atoms with Crippen LogP contribution in [0.15, 0.2) is 9.98 Å². The van der Waals surface area contributed by atoms with E-state index in [1.807, 2.05) is 13.8 Å². The molecule has 2 aliphatic heterocycles. The Morgan fingerprint density at radius 3 is 1.40 bits per heavy atom. The number of hydrogen-bond donors (Lipinski definition) is 16. The summed E-state index contributed by atoms with van der Waals surface area (Å²) in [5.74, 6) is -9.44. The summed E-state index contributed by atoms with van der Waals surface area (Å²) in [7, 11) is 0. The second-order valence-electron chi connectivity index (χ2n) is 20.1. The third-order valence-electron chi connectivity index (χ3n) is 12.6. The molecule has 30 heteroatoms. The highest BCUT2D eigenvalue weighted by Gasteiger charge is 2.42. The van der Waals surface area contributed by atoms with E-state index in [4.69, 9.17) is 28.7 Å². The summed E-state index contributed by atoms with van der Waals surface area (Å²) in [5.41, 5.74) is 27.4. The van der Waals surface area contributed by atoms with Gasteiger partial charge < -0.3 is 96.1 Å². The fourth-order valence-electron chi connectivity index (χ4n) is 8.62. The van der Waals surface area contributed by atoms with Crippen LogP contribution in [0.3, 0.4) is 0 Å². The predicted octanol–water partition coefficient (Wildman–Crippen LogP) is -6.64. The van der Waals surface area contributed by atoms with Gasteiger partial charge in [-0.3, -0.25) is 53.1 Å². The summed E-state index contributed by atoms with van der Waals surface area (Å²) >= 11 is 0. The highest BCUT2D eigenvalue weighted by atomic mass is 16.4. The number of nitrogens with two attached hydrogens (primary N) is 5. The van der Waals surface area contributed by atoms with Crippen molar-refractivity contribution in [3.8, 4) is 0 Å². The Morgan fingerprint density at radius 2 is 0.961 bits per heavy atom. The first-order chi connectivity index (χ1) is 36.1. The largest absolute Gasteiger partial charge is 0.480 e. The number of carboxylic acid groups (broad SMARTS) is 1. The van der Waals surface area contributed by atoms with Crippen LogP contribution in [0.4, 0.5) is 0 Å². The zero-order chi connectivity index (χ0) is 58.3. The van der Waals surface area contributed by atoms with Crippen LogP contribution in [0.1, 0.15) is 106 Å². The zero-order valence-corrected chi connectivity index (χ0v) is 44.9. The van der Waals surface area contributed by atoms with Gasteiger partial charge in [0.05, 0.1) is 19.3 Å². The standard InChI is InChI=1S/C47H84N16O14/c1-23(2)19-30(40(71)55-25(5)36(67)59-31(20-24(3)4)43(74)62-17-10-14-34(62)42(73)61-35(26(6)66)45(76)77)58-38(69)29(12-8-16-54-47(51)52)57-41(72)33-13-9-18-63(33)44(75)32(22-65)60-39(70)28(11-7-15-53-46(49)50)56-37(68)27(48)21-64/h23-35,64-66H,7-22,48H2,1-6H3,(H,55,71)(H,56,68)(H,57,72)(H,58,69)(H,59,67)(H,60,70)(H,61,73)(H,76,77)(H4,49,50,53)(H4,51,52,54)/t25-,26+,27-,28-,29-,30-,31-,32-,33-,34-,35-/m0/s1. The van der Waals surface area contributed by atoms with Crippen LogP contribution in [-0.2, 0) is 47.9 Å². The van der Waals surface area contributed by atoms with Crippen molar-refractivity contribution in [1.82, 2.24) is 47.0 Å². The molecule has 0 aromatic carbocycles. The second kappa shape index (κ2) is 32.6. The SMILES string of the molecule is CC(C)C[C@H](NC(=O)[C@H](CCCN=C(N)N)NC(=O)[C@@H]1CCCN1C(=O)[C@H](CO)NC(=O)[C@H](CCCN=C(N)N)NC(=O)[C@@H](N)CO)C(=O)N[C@@H](C)C(=O)N[C@@H](CC(C)C)C(=O)N1CCC[C@H]1C(=O)N[C@H](C(=O)O)[C@@H](C)O. The van der Waals surface area contributed by atoms with Gasteiger partial charge in [-0.15, -0.1) is 0 Å². The number of likely N-dealkylation sites (tertiary alicyclic amines) is 2. The first-order valence-electron chi connectivity index (χ1n) is 25.9. The van der Waals surface area contributed by atoms with Crippen LogP contribution < -0.4 is 65.9 Å². The minimum absolute atomic E-state index is 0.0131. The molecule has 436 valence electrons. The molecular weight excluding hydrogens is 1010 g/mol. The highest BCUT2D eigenvalue weighted by Crippen LogP contribution is 2.22. The third kappa shape index (κ3) is 21.9. The maximum Gasteiger partial charge on any atom is 0.328 e. The number of nitrogens with zero attached hydrogens (tertiary/aromatic N) is 4. The first-order valence-corrected chi connectivity index (χ1v) is 25.9. The molecule has 0 spiro atoms. The van der Waals surface area contributed by atoms with E-state index >= 15 is 0 Å². The summed E-state index contributed by atoms with van der Waals surface area (Å²) in [5, 5.41) is 56.8. The van der Waals surface area contributed by atoms with Crippen molar-refractivity contribution in [1.29, 1.82) is 0 Å². The maximum absolute atomic E-state index is 14.2. The normalized spacial score (nSPS) is 18.7. The molecule has 0 aliphatic carbocycles. The smallest absolute Gasteiger partial charge is 0.328 e. The molecule has 0 unspecified atom stereocenters. The number of carbonyl (C=O) groups excluding carboxylic acids is 9. The fraction of sp³-hybridized carbons (Fsp3) is 0.745. The molecule has 30 nitrogen and oxygen atoms in total. The predicted molar refractivity (Wildman–Crippen MR) is 279 cm³/mol. The van der Waals surface area contributed by atoms with Gasteiger partial charge in [0.25, 0.3) is 0 Å². The Morgan fingerprint density at radius 1 is 0.545 bits per heavy atom. The number of hydrogen-bond acceptors (Lipinski definition) is 16. The van der Waals surface area contributed by atoms with Gasteiger partial charge in [-0.05, 0) is 89.9 Å². The van der Waals surface area contributed by atoms with Crippen molar-refractivity contribution in [2.24, 2.45) is 50.5 Å². The van der Waals surface area contributed by atoms with Crippen LogP contribution >= 0.6 is 0 Å². The van der Waals surface area contributed by atoms with Gasteiger partial charge in [0.1, 0.15) is 54.4 Å². The van der Waals surface area contributed by atoms with E-state index in [0.29, 0.717) is 12.8 Å². The number of carboxylic acids is 1. The number of nitrogens with one attached hydrogen (secondary N) is 7. The average Bonchev–Trinajstić information content (AvgIpc) is 4.06. The molecule has 2 saturated heterocycles. The van der Waals surface area contributed by atoms with Crippen LogP contribution in [0.5, 0.6) is 0 Å². The lowest BCUT2D eigenvalue weighted by molar-refractivity contribution is -0.147. The highest BCUT2D eigenvalue weighted by molar-refractivity contribution is 5.99. The number of aliphatic hydroxyl groups is 3. The van der Waals surface area contributed by atoms with E-state index in [1.165, 1.54) is 18.7 Å². The Kier molecular flexibility index (Phi) is 28.0. The number of carbonyl (C=O) groups is 10. The number of aliphatic carboxylic acids is 1. The second-order valence-corrected chi connectivity index (χ2v) is 20.1. The number of guanidine groups is 2. The van der Waals surface area contributed by atoms with Gasteiger partial charge in [-0.2, -0.15) is 0 Å². The summed E-state index contributed by atoms with van der Waals surface area (Å²) in [6.07, 6.45) is -0.00813. The summed E-state index contributed by atoms with van der Waals surface area (Å²) in [4.78, 5) is 145. The Labute approximate surface area is 447 Å². The van der Waals surface area contributed by atoms with E-state index < -0.39 is 139 Å². The minimum atomic E-state index is -1.62. The molecular formula is C47H84N16O14. The molecule has 2 heterocycles. The van der Waals surface area contributed by atoms with E-state index in [-0.39, 0.29) is 101 Å². The lowest BCUT2D eigenvalue weighted by Crippen LogP contribution is -2.60. The first kappa shape index (κ1) is 66.2. The number of rotatable bonds is 32. The monoisotopic (exact) mass is 1100 g/mol. The van der Waals surface area contributed by atoms with Crippen molar-refractivity contribution < 1.29 is 68.4 Å². The topological polar surface area (TPSA) is 497 Å². The van der Waals surface area contributed by atoms with Crippen molar-refractivity contribution >= 4 is 71.1 Å². The van der Waals surface area contributed by atoms with Gasteiger partial charge >= 0.3 is 5.97 Å². The van der Waals surface area contributed by atoms with Crippen molar-refractivity contribution in [2.45, 2.75) is 172 Å². The fourth-order valence-corrected chi connectivity index (χ4v) is 8.62. The lowest BCUT2D eigenvalue weighted by Gasteiger charge is -2.31. The number of amides is 9. The molecule has 0 radical (unpaired) electrons. The molecule has 21 N–H and O–H groups in total. The zero-order valence-electron chi connectivity index (χ0n) is 44.9. The van der Waals surface area contributed by atoms with Gasteiger partial charge in [0.15, 0.2) is 18.0 Å². The van der Waals surface area contributed by atoms with E-state index in [0.717, 1.165) is 4.90 Å². The average molecular weight is 1100 g/mol. The van der Waals surface area contributed by atoms with Crippen LogP contribution in [0, 0.1) is 11.8 Å². The Hall–Kier alpha value is -6.92. The molecule has 2 aliphatic rings. The van der Waals surface area contributed by atoms with Gasteiger partial charge in [-0.25, -0.2) is 4.79 Å². The quantitative estimate of drug-likeness (QED) is 0.0169. The molecule has 2 fully saturated rings. The summed E-state index contributed by atoms with van der Waals surface area (Å²) in [6, 6.07) is -13.3. The molecule has 77 heavy (non-hydrogen) atoms. The minimum Gasteiger partial charge on any atom is -0.480 e. The van der Waals surface area contributed by atoms with Crippen molar-refractivity contribution in [3.63, 3.8) is 0 Å². The lowest BCUT2D eigenvalue weighted by atomic mass is 10.0. The van der Waals surface area contributed by atoms with E-state index in [1.54, 1.807) is 13.8 Å². The van der Waals surface area contributed by atoms with Crippen LogP contribution in [-0.4, -0.2) is 207 Å².